The lowest BCUT2D eigenvalue weighted by atomic mass is 10.2. The quantitative estimate of drug-likeness (QED) is 0.0658. The number of nitrogens with one attached hydrogen (secondary N) is 4. The lowest BCUT2D eigenvalue weighted by molar-refractivity contribution is -0.137. The van der Waals surface area contributed by atoms with Crippen LogP contribution >= 0.6 is 75.8 Å². The molecule has 0 heterocycles. The molecule has 4 unspecified atom stereocenters. The van der Waals surface area contributed by atoms with E-state index < -0.39 is 11.9 Å². The van der Waals surface area contributed by atoms with Crippen LogP contribution in [-0.2, 0) is 33.5 Å². The highest BCUT2D eigenvalue weighted by Gasteiger charge is 2.13. The first-order chi connectivity index (χ1) is 20.7. The summed E-state index contributed by atoms with van der Waals surface area (Å²) in [6.45, 7) is 1.57. The van der Waals surface area contributed by atoms with Gasteiger partial charge in [0.1, 0.15) is 13.2 Å². The van der Waals surface area contributed by atoms with E-state index in [1.165, 1.54) is 6.92 Å². The minimum absolute atomic E-state index is 0. The third-order valence-electron chi connectivity index (χ3n) is 5.31. The molecule has 0 aliphatic heterocycles. The Kier molecular flexibility index (Phi) is 34.1. The number of Topliss-reactive ketones (excluding diaryl/α,β-unsaturated/α-hetero) is 1. The van der Waals surface area contributed by atoms with E-state index >= 15 is 0 Å². The number of ketones is 1. The average Bonchev–Trinajstić information content (AvgIpc) is 2.93. The predicted molar refractivity (Wildman–Crippen MR) is 199 cm³/mol. The van der Waals surface area contributed by atoms with Gasteiger partial charge in [0, 0.05) is 46.9 Å². The summed E-state index contributed by atoms with van der Waals surface area (Å²) in [4.78, 5) is 66.7. The lowest BCUT2D eigenvalue weighted by Gasteiger charge is -2.16. The van der Waals surface area contributed by atoms with Crippen molar-refractivity contribution in [2.45, 2.75) is 80.3 Å². The SMILES string of the molecule is C.CC(=O)COCC(=O)NCC(=O)NCC(S)CC(S)CCS.O=C(O)CCCC(=O)NCC(=O)NCC(S)CC(S)CCS. The molecule has 0 spiro atoms. The second-order valence-corrected chi connectivity index (χ2v) is 13.5. The molecule has 0 fully saturated rings. The molecule has 0 saturated heterocycles. The maximum absolute atomic E-state index is 11.6. The smallest absolute Gasteiger partial charge is 0.303 e. The van der Waals surface area contributed by atoms with Crippen LogP contribution in [0.15, 0.2) is 0 Å². The zero-order chi connectivity index (χ0) is 33.9. The van der Waals surface area contributed by atoms with Gasteiger partial charge in [0.05, 0.1) is 13.1 Å². The summed E-state index contributed by atoms with van der Waals surface area (Å²) in [7, 11) is 0. The maximum atomic E-state index is 11.6. The summed E-state index contributed by atoms with van der Waals surface area (Å²) >= 11 is 25.8. The monoisotopic (exact) mass is 752 g/mol. The molecule has 4 amide bonds. The fraction of sp³-hybridized carbons (Fsp3) is 0.778. The van der Waals surface area contributed by atoms with Crippen LogP contribution in [0.5, 0.6) is 0 Å². The number of carbonyl (C=O) groups is 6. The van der Waals surface area contributed by atoms with E-state index in [0.717, 1.165) is 37.2 Å². The number of carboxylic acid groups (broad SMARTS) is 1. The third kappa shape index (κ3) is 35.8. The number of carboxylic acids is 1. The molecule has 5 N–H and O–H groups in total. The van der Waals surface area contributed by atoms with Crippen molar-refractivity contribution in [3.63, 3.8) is 0 Å². The second-order valence-electron chi connectivity index (χ2n) is 9.71. The third-order valence-corrected chi connectivity index (χ3v) is 7.55. The van der Waals surface area contributed by atoms with Gasteiger partial charge in [0.25, 0.3) is 0 Å². The molecule has 45 heavy (non-hydrogen) atoms. The molecule has 0 rings (SSSR count). The number of ether oxygens (including phenoxy) is 1. The van der Waals surface area contributed by atoms with Crippen LogP contribution in [0.4, 0.5) is 0 Å². The highest BCUT2D eigenvalue weighted by Crippen LogP contribution is 2.14. The van der Waals surface area contributed by atoms with Crippen molar-refractivity contribution in [1.29, 1.82) is 0 Å². The van der Waals surface area contributed by atoms with E-state index in [1.807, 2.05) is 0 Å². The zero-order valence-corrected chi connectivity index (χ0v) is 30.3. The van der Waals surface area contributed by atoms with Crippen LogP contribution in [0.2, 0.25) is 0 Å². The molecular weight excluding hydrogens is 701 g/mol. The van der Waals surface area contributed by atoms with Gasteiger partial charge in [-0.05, 0) is 50.5 Å². The summed E-state index contributed by atoms with van der Waals surface area (Å²) in [5.41, 5.74) is 0. The number of hydrogen-bond acceptors (Lipinski definition) is 13. The highest BCUT2D eigenvalue weighted by atomic mass is 32.1. The van der Waals surface area contributed by atoms with Crippen molar-refractivity contribution in [3.8, 4) is 0 Å². The first-order valence-electron chi connectivity index (χ1n) is 14.0. The van der Waals surface area contributed by atoms with Gasteiger partial charge < -0.3 is 31.1 Å². The van der Waals surface area contributed by atoms with Crippen LogP contribution < -0.4 is 21.3 Å². The Bertz CT molecular complexity index is 807. The second kappa shape index (κ2) is 31.7. The molecule has 12 nitrogen and oxygen atoms in total. The molecule has 0 aromatic rings. The Labute approximate surface area is 300 Å². The lowest BCUT2D eigenvalue weighted by Crippen LogP contribution is -2.40. The minimum atomic E-state index is -0.939. The fourth-order valence-electron chi connectivity index (χ4n) is 3.10. The van der Waals surface area contributed by atoms with Crippen molar-refractivity contribution in [1.82, 2.24) is 21.3 Å². The van der Waals surface area contributed by atoms with Crippen LogP contribution in [0.1, 0.15) is 59.3 Å². The Morgan fingerprint density at radius 3 is 1.49 bits per heavy atom. The van der Waals surface area contributed by atoms with E-state index in [1.54, 1.807) is 0 Å². The summed E-state index contributed by atoms with van der Waals surface area (Å²) in [5.74, 6) is -0.949. The largest absolute Gasteiger partial charge is 0.481 e. The molecular formula is C27H52N4O8S6. The molecule has 0 aromatic heterocycles. The van der Waals surface area contributed by atoms with Crippen LogP contribution in [0.3, 0.4) is 0 Å². The number of carbonyl (C=O) groups excluding carboxylic acids is 5. The number of aliphatic carboxylic acids is 1. The van der Waals surface area contributed by atoms with Crippen molar-refractivity contribution >= 4 is 111 Å². The molecule has 0 aliphatic rings. The Hall–Kier alpha value is -0.920. The van der Waals surface area contributed by atoms with Gasteiger partial charge in [-0.15, -0.1) is 0 Å². The van der Waals surface area contributed by atoms with Crippen LogP contribution in [-0.4, -0.2) is 112 Å². The number of hydrogen-bond donors (Lipinski definition) is 11. The van der Waals surface area contributed by atoms with Gasteiger partial charge in [-0.25, -0.2) is 0 Å². The van der Waals surface area contributed by atoms with E-state index in [4.69, 9.17) is 9.84 Å². The Balaban J connectivity index is -0.000000767. The van der Waals surface area contributed by atoms with Gasteiger partial charge in [-0.2, -0.15) is 75.8 Å². The van der Waals surface area contributed by atoms with Crippen molar-refractivity contribution in [2.24, 2.45) is 0 Å². The minimum Gasteiger partial charge on any atom is -0.481 e. The standard InChI is InChI=1S/2C13H24N2O4S3.CH4/c1-9(16)7-19-8-13(18)15-6-12(17)14-5-11(22)4-10(21)2-3-20;16-11(2-1-3-13(18)19)15-8-12(17)14-7-10(22)6-9(21)4-5-20;/h10-11,20-22H,2-8H2,1H3,(H,14,17)(H,15,18);9-10,20-22H,1-8H2,(H,14,17)(H,15,16)(H,18,19);1H4. The summed E-state index contributed by atoms with van der Waals surface area (Å²) in [6.07, 6.45) is 3.58. The first kappa shape index (κ1) is 48.5. The summed E-state index contributed by atoms with van der Waals surface area (Å²) < 4.78 is 4.83. The van der Waals surface area contributed by atoms with Gasteiger partial charge in [-0.1, -0.05) is 7.43 Å². The van der Waals surface area contributed by atoms with E-state index in [0.29, 0.717) is 13.1 Å². The normalized spacial score (nSPS) is 13.0. The number of rotatable bonds is 24. The van der Waals surface area contributed by atoms with Gasteiger partial charge in [0.15, 0.2) is 5.78 Å². The molecule has 0 bridgehead atoms. The summed E-state index contributed by atoms with van der Waals surface area (Å²) in [6, 6.07) is 0. The average molecular weight is 753 g/mol. The fourth-order valence-corrected chi connectivity index (χ4v) is 5.92. The highest BCUT2D eigenvalue weighted by molar-refractivity contribution is 7.82. The maximum Gasteiger partial charge on any atom is 0.303 e. The van der Waals surface area contributed by atoms with Crippen molar-refractivity contribution in [3.05, 3.63) is 0 Å². The summed E-state index contributed by atoms with van der Waals surface area (Å²) in [5, 5.41) is 19.1. The Morgan fingerprint density at radius 1 is 0.644 bits per heavy atom. The first-order valence-corrected chi connectivity index (χ1v) is 17.3. The van der Waals surface area contributed by atoms with E-state index in [-0.39, 0.29) is 97.5 Å². The molecule has 18 heteroatoms. The van der Waals surface area contributed by atoms with Crippen LogP contribution in [0.25, 0.3) is 0 Å². The topological polar surface area (TPSA) is 180 Å². The Morgan fingerprint density at radius 2 is 1.09 bits per heavy atom. The van der Waals surface area contributed by atoms with Crippen molar-refractivity contribution in [2.75, 3.05) is 50.9 Å². The van der Waals surface area contributed by atoms with Gasteiger partial charge in [0.2, 0.25) is 23.6 Å². The van der Waals surface area contributed by atoms with Crippen molar-refractivity contribution < 1.29 is 38.6 Å². The zero-order valence-electron chi connectivity index (χ0n) is 24.9. The van der Waals surface area contributed by atoms with Crippen LogP contribution in [0, 0.1) is 0 Å². The molecule has 4 atom stereocenters. The molecule has 0 aliphatic carbocycles. The molecule has 0 aromatic carbocycles. The molecule has 264 valence electrons. The van der Waals surface area contributed by atoms with E-state index in [2.05, 4.69) is 97.0 Å². The number of thiol groups is 6. The van der Waals surface area contributed by atoms with Gasteiger partial charge in [-0.3, -0.25) is 28.8 Å². The number of amides is 4. The molecule has 0 radical (unpaired) electrons. The predicted octanol–water partition coefficient (Wildman–Crippen LogP) is 1.55. The molecule has 0 saturated carbocycles. The van der Waals surface area contributed by atoms with Gasteiger partial charge >= 0.3 is 5.97 Å². The van der Waals surface area contributed by atoms with E-state index in [9.17, 15) is 28.8 Å².